The van der Waals surface area contributed by atoms with E-state index in [-0.39, 0.29) is 12.3 Å². The largest absolute Gasteiger partial charge is 0.495 e. The van der Waals surface area contributed by atoms with E-state index in [9.17, 15) is 9.59 Å². The van der Waals surface area contributed by atoms with Crippen molar-refractivity contribution in [1.29, 1.82) is 0 Å². The molecule has 0 bridgehead atoms. The summed E-state index contributed by atoms with van der Waals surface area (Å²) < 4.78 is 5.25. The molecule has 20 heavy (non-hydrogen) atoms. The molecular weight excluding hydrogens is 282 g/mol. The molecule has 2 N–H and O–H groups in total. The summed E-state index contributed by atoms with van der Waals surface area (Å²) in [4.78, 5) is 22.5. The van der Waals surface area contributed by atoms with Gasteiger partial charge in [0, 0.05) is 22.9 Å². The highest BCUT2D eigenvalue weighted by Crippen LogP contribution is 2.57. The van der Waals surface area contributed by atoms with E-state index >= 15 is 0 Å². The molecule has 0 aliphatic heterocycles. The van der Waals surface area contributed by atoms with E-state index in [1.54, 1.807) is 12.1 Å². The van der Waals surface area contributed by atoms with E-state index in [0.717, 1.165) is 12.8 Å². The zero-order valence-corrected chi connectivity index (χ0v) is 12.1. The van der Waals surface area contributed by atoms with Crippen LogP contribution in [0.25, 0.3) is 0 Å². The van der Waals surface area contributed by atoms with Crippen molar-refractivity contribution in [3.8, 4) is 5.75 Å². The first-order valence-corrected chi connectivity index (χ1v) is 6.64. The smallest absolute Gasteiger partial charge is 0.304 e. The first-order valence-electron chi connectivity index (χ1n) is 6.26. The molecule has 0 radical (unpaired) electrons. The summed E-state index contributed by atoms with van der Waals surface area (Å²) in [5.74, 6) is -0.649. The lowest BCUT2D eigenvalue weighted by atomic mass is 9.90. The normalized spacial score (nSPS) is 15.6. The van der Waals surface area contributed by atoms with Crippen molar-refractivity contribution in [1.82, 2.24) is 0 Å². The highest BCUT2D eigenvalue weighted by atomic mass is 35.5. The Balaban J connectivity index is 2.55. The van der Waals surface area contributed by atoms with Crippen LogP contribution in [-0.2, 0) is 15.0 Å². The number of halogens is 1. The molecule has 1 aromatic rings. The summed E-state index contributed by atoms with van der Waals surface area (Å²) in [5.41, 5.74) is 0.636. The quantitative estimate of drug-likeness (QED) is 0.876. The van der Waals surface area contributed by atoms with Crippen molar-refractivity contribution in [2.24, 2.45) is 0 Å². The summed E-state index contributed by atoms with van der Waals surface area (Å²) in [6.07, 6.45) is 1.46. The number of carbonyl (C=O) groups is 2. The second-order valence-corrected chi connectivity index (χ2v) is 5.44. The van der Waals surface area contributed by atoms with Crippen molar-refractivity contribution in [2.75, 3.05) is 12.4 Å². The number of anilines is 1. The predicted molar refractivity (Wildman–Crippen MR) is 75.5 cm³/mol. The average molecular weight is 298 g/mol. The number of nitrogens with one attached hydrogen (secondary N) is 1. The highest BCUT2D eigenvalue weighted by molar-refractivity contribution is 6.32. The Labute approximate surface area is 121 Å². The molecule has 108 valence electrons. The molecule has 0 saturated heterocycles. The molecule has 0 heterocycles. The van der Waals surface area contributed by atoms with Gasteiger partial charge in [0.1, 0.15) is 5.75 Å². The van der Waals surface area contributed by atoms with Crippen molar-refractivity contribution >= 4 is 29.2 Å². The van der Waals surface area contributed by atoms with Gasteiger partial charge in [-0.15, -0.1) is 0 Å². The molecule has 6 heteroatoms. The third-order valence-electron chi connectivity index (χ3n) is 3.51. The van der Waals surface area contributed by atoms with E-state index in [1.807, 2.05) is 0 Å². The van der Waals surface area contributed by atoms with Gasteiger partial charge in [0.05, 0.1) is 19.2 Å². The molecular formula is C14H16ClNO4. The summed E-state index contributed by atoms with van der Waals surface area (Å²) in [7, 11) is 1.50. The number of carboxylic acid groups (broad SMARTS) is 1. The predicted octanol–water partition coefficient (Wildman–Crippen LogP) is 2.81. The Bertz CT molecular complexity index is 567. The number of benzene rings is 1. The summed E-state index contributed by atoms with van der Waals surface area (Å²) in [6.45, 7) is 1.39. The number of carbonyl (C=O) groups excluding carboxylic acids is 1. The van der Waals surface area contributed by atoms with Gasteiger partial charge in [-0.25, -0.2) is 0 Å². The number of methoxy groups -OCH3 is 1. The number of hydrogen-bond acceptors (Lipinski definition) is 3. The van der Waals surface area contributed by atoms with Gasteiger partial charge >= 0.3 is 5.97 Å². The fourth-order valence-electron chi connectivity index (χ4n) is 2.50. The fourth-order valence-corrected chi connectivity index (χ4v) is 2.86. The van der Waals surface area contributed by atoms with Crippen molar-refractivity contribution in [3.63, 3.8) is 0 Å². The second kappa shape index (κ2) is 5.32. The lowest BCUT2D eigenvalue weighted by Gasteiger charge is -2.21. The van der Waals surface area contributed by atoms with Gasteiger partial charge < -0.3 is 15.2 Å². The van der Waals surface area contributed by atoms with E-state index in [2.05, 4.69) is 5.32 Å². The first-order chi connectivity index (χ1) is 9.39. The highest BCUT2D eigenvalue weighted by Gasteiger charge is 2.49. The Kier molecular flexibility index (Phi) is 3.90. The fraction of sp³-hybridized carbons (Fsp3) is 0.429. The van der Waals surface area contributed by atoms with E-state index in [4.69, 9.17) is 21.4 Å². The van der Waals surface area contributed by atoms with Crippen molar-refractivity contribution in [3.05, 3.63) is 22.7 Å². The molecule has 1 aliphatic rings. The molecule has 5 nitrogen and oxygen atoms in total. The maximum absolute atomic E-state index is 11.4. The molecule has 0 spiro atoms. The maximum atomic E-state index is 11.4. The van der Waals surface area contributed by atoms with Crippen LogP contribution in [-0.4, -0.2) is 24.1 Å². The summed E-state index contributed by atoms with van der Waals surface area (Å²) in [6, 6.07) is 3.33. The molecule has 0 atom stereocenters. The molecule has 1 aliphatic carbocycles. The third-order valence-corrected chi connectivity index (χ3v) is 3.83. The van der Waals surface area contributed by atoms with Crippen LogP contribution in [0.1, 0.15) is 31.7 Å². The van der Waals surface area contributed by atoms with Crippen LogP contribution in [0.3, 0.4) is 0 Å². The summed E-state index contributed by atoms with van der Waals surface area (Å²) >= 11 is 6.25. The maximum Gasteiger partial charge on any atom is 0.304 e. The number of aliphatic carboxylic acids is 1. The third kappa shape index (κ3) is 2.72. The SMILES string of the molecule is COc1ccc(Cl)c(C2(CC(=O)O)CC2)c1NC(C)=O. The average Bonchev–Trinajstić information content (AvgIpc) is 3.08. The number of ether oxygens (including phenoxy) is 1. The van der Waals surface area contributed by atoms with Gasteiger partial charge in [-0.1, -0.05) is 11.6 Å². The minimum absolute atomic E-state index is 0.00747. The number of carboxylic acids is 1. The lowest BCUT2D eigenvalue weighted by molar-refractivity contribution is -0.137. The van der Waals surface area contributed by atoms with Crippen LogP contribution < -0.4 is 10.1 Å². The van der Waals surface area contributed by atoms with Crippen LogP contribution in [0.5, 0.6) is 5.75 Å². The Morgan fingerprint density at radius 3 is 2.55 bits per heavy atom. The van der Waals surface area contributed by atoms with Crippen LogP contribution in [0.15, 0.2) is 12.1 Å². The monoisotopic (exact) mass is 297 g/mol. The van der Waals surface area contributed by atoms with Gasteiger partial charge in [-0.2, -0.15) is 0 Å². The minimum Gasteiger partial charge on any atom is -0.495 e. The van der Waals surface area contributed by atoms with E-state index in [0.29, 0.717) is 22.0 Å². The van der Waals surface area contributed by atoms with Gasteiger partial charge in [0.25, 0.3) is 0 Å². The second-order valence-electron chi connectivity index (χ2n) is 5.03. The van der Waals surface area contributed by atoms with Gasteiger partial charge in [0.2, 0.25) is 5.91 Å². The Morgan fingerprint density at radius 2 is 2.10 bits per heavy atom. The van der Waals surface area contributed by atoms with Crippen LogP contribution in [0.2, 0.25) is 5.02 Å². The summed E-state index contributed by atoms with van der Waals surface area (Å²) in [5, 5.41) is 12.2. The van der Waals surface area contributed by atoms with E-state index < -0.39 is 11.4 Å². The zero-order chi connectivity index (χ0) is 14.9. The molecule has 0 aromatic heterocycles. The van der Waals surface area contributed by atoms with E-state index in [1.165, 1.54) is 14.0 Å². The van der Waals surface area contributed by atoms with Crippen LogP contribution >= 0.6 is 11.6 Å². The van der Waals surface area contributed by atoms with Crippen LogP contribution in [0, 0.1) is 0 Å². The number of amides is 1. The number of hydrogen-bond donors (Lipinski definition) is 2. The van der Waals surface area contributed by atoms with Gasteiger partial charge in [0.15, 0.2) is 0 Å². The van der Waals surface area contributed by atoms with Crippen molar-refractivity contribution < 1.29 is 19.4 Å². The minimum atomic E-state index is -0.879. The number of rotatable bonds is 5. The standard InChI is InChI=1S/C14H16ClNO4/c1-8(17)16-13-10(20-2)4-3-9(15)12(13)14(5-6-14)7-11(18)19/h3-4H,5-7H2,1-2H3,(H,16,17)(H,18,19). The Morgan fingerprint density at radius 1 is 1.45 bits per heavy atom. The Hall–Kier alpha value is -1.75. The van der Waals surface area contributed by atoms with Gasteiger partial charge in [-0.3, -0.25) is 9.59 Å². The zero-order valence-electron chi connectivity index (χ0n) is 11.3. The lowest BCUT2D eigenvalue weighted by Crippen LogP contribution is -2.18. The first kappa shape index (κ1) is 14.7. The van der Waals surface area contributed by atoms with Crippen molar-refractivity contribution in [2.45, 2.75) is 31.6 Å². The molecule has 0 unspecified atom stereocenters. The topological polar surface area (TPSA) is 75.6 Å². The van der Waals surface area contributed by atoms with Gasteiger partial charge in [-0.05, 0) is 25.0 Å². The molecule has 2 rings (SSSR count). The molecule has 1 saturated carbocycles. The molecule has 1 fully saturated rings. The molecule has 1 amide bonds. The molecule has 1 aromatic carbocycles. The van der Waals surface area contributed by atoms with Crippen LogP contribution in [0.4, 0.5) is 5.69 Å².